The molecule has 0 unspecified atom stereocenters. The second-order valence-electron chi connectivity index (χ2n) is 5.41. The maximum absolute atomic E-state index is 11.7. The number of nitrogens with one attached hydrogen (secondary N) is 1. The van der Waals surface area contributed by atoms with Crippen LogP contribution >= 0.6 is 12.2 Å². The Morgan fingerprint density at radius 1 is 1.41 bits per heavy atom. The first-order chi connectivity index (χ1) is 10.3. The lowest BCUT2D eigenvalue weighted by Crippen LogP contribution is -2.51. The first kappa shape index (κ1) is 17.0. The summed E-state index contributed by atoms with van der Waals surface area (Å²) in [6, 6.07) is 7.30. The molecule has 0 radical (unpaired) electrons. The number of rotatable bonds is 4. The van der Waals surface area contributed by atoms with Crippen molar-refractivity contribution in [1.29, 1.82) is 0 Å². The second kappa shape index (κ2) is 6.80. The van der Waals surface area contributed by atoms with Gasteiger partial charge in [0, 0.05) is 25.8 Å². The lowest BCUT2D eigenvalue weighted by molar-refractivity contribution is 0.0757. The van der Waals surface area contributed by atoms with Gasteiger partial charge in [0.15, 0.2) is 14.9 Å². The van der Waals surface area contributed by atoms with Gasteiger partial charge < -0.3 is 10.1 Å². The highest BCUT2D eigenvalue weighted by Gasteiger charge is 2.34. The van der Waals surface area contributed by atoms with Crippen molar-refractivity contribution in [2.45, 2.75) is 12.5 Å². The van der Waals surface area contributed by atoms with Gasteiger partial charge in [-0.3, -0.25) is 5.01 Å². The van der Waals surface area contributed by atoms with Crippen LogP contribution in [0.2, 0.25) is 0 Å². The third kappa shape index (κ3) is 4.08. The van der Waals surface area contributed by atoms with Crippen molar-refractivity contribution in [3.63, 3.8) is 0 Å². The Balaban J connectivity index is 2.13. The summed E-state index contributed by atoms with van der Waals surface area (Å²) in [5, 5.41) is 7.25. The standard InChI is InChI=1S/C14H21N3O3S2/c1-16(2)17(12-7-8-22(18,19)10-12)14(21)15-11-5-4-6-13(9-11)20-3/h4-6,9,12H,7-8,10H2,1-3H3,(H,15,21)/t12-/m1/s1. The predicted octanol–water partition coefficient (Wildman–Crippen LogP) is 1.36. The van der Waals surface area contributed by atoms with E-state index in [1.807, 2.05) is 48.4 Å². The van der Waals surface area contributed by atoms with Crippen LogP contribution in [-0.4, -0.2) is 62.3 Å². The van der Waals surface area contributed by atoms with Crippen LogP contribution in [0.5, 0.6) is 5.75 Å². The van der Waals surface area contributed by atoms with Crippen molar-refractivity contribution in [3.05, 3.63) is 24.3 Å². The predicted molar refractivity (Wildman–Crippen MR) is 91.8 cm³/mol. The molecule has 1 N–H and O–H groups in total. The number of thiocarbonyl (C=S) groups is 1. The molecule has 1 aliphatic rings. The number of hydrogen-bond acceptors (Lipinski definition) is 5. The maximum Gasteiger partial charge on any atom is 0.188 e. The molecule has 1 saturated heterocycles. The quantitative estimate of drug-likeness (QED) is 0.654. The Kier molecular flexibility index (Phi) is 5.25. The van der Waals surface area contributed by atoms with E-state index in [0.29, 0.717) is 11.5 Å². The highest BCUT2D eigenvalue weighted by atomic mass is 32.2. The van der Waals surface area contributed by atoms with Crippen LogP contribution in [0.15, 0.2) is 24.3 Å². The number of benzene rings is 1. The molecule has 0 amide bonds. The van der Waals surface area contributed by atoms with E-state index in [1.165, 1.54) is 0 Å². The number of anilines is 1. The molecule has 1 aliphatic heterocycles. The van der Waals surface area contributed by atoms with E-state index in [9.17, 15) is 8.42 Å². The van der Waals surface area contributed by atoms with Gasteiger partial charge in [0.2, 0.25) is 0 Å². The van der Waals surface area contributed by atoms with Crippen molar-refractivity contribution >= 4 is 32.9 Å². The molecule has 8 heteroatoms. The average molecular weight is 343 g/mol. The number of hydrogen-bond donors (Lipinski definition) is 1. The van der Waals surface area contributed by atoms with Crippen LogP contribution < -0.4 is 10.1 Å². The molecule has 0 aliphatic carbocycles. The summed E-state index contributed by atoms with van der Waals surface area (Å²) < 4.78 is 28.6. The van der Waals surface area contributed by atoms with Gasteiger partial charge >= 0.3 is 0 Å². The summed E-state index contributed by atoms with van der Waals surface area (Å²) in [6.07, 6.45) is 0.584. The molecule has 2 rings (SSSR count). The fraction of sp³-hybridized carbons (Fsp3) is 0.500. The van der Waals surface area contributed by atoms with Gasteiger partial charge in [-0.1, -0.05) is 6.07 Å². The second-order valence-corrected chi connectivity index (χ2v) is 8.03. The molecule has 1 aromatic carbocycles. The zero-order valence-electron chi connectivity index (χ0n) is 12.9. The van der Waals surface area contributed by atoms with Gasteiger partial charge in [0.05, 0.1) is 24.7 Å². The summed E-state index contributed by atoms with van der Waals surface area (Å²) in [6.45, 7) is 0. The Labute approximate surface area is 136 Å². The summed E-state index contributed by atoms with van der Waals surface area (Å²) in [7, 11) is 2.34. The summed E-state index contributed by atoms with van der Waals surface area (Å²) in [4.78, 5) is 0. The first-order valence-electron chi connectivity index (χ1n) is 6.94. The number of nitrogens with zero attached hydrogens (tertiary/aromatic N) is 2. The Bertz CT molecular complexity index is 646. The van der Waals surface area contributed by atoms with Gasteiger partial charge in [-0.2, -0.15) is 0 Å². The average Bonchev–Trinajstić information content (AvgIpc) is 2.78. The van der Waals surface area contributed by atoms with Gasteiger partial charge in [-0.15, -0.1) is 0 Å². The van der Waals surface area contributed by atoms with E-state index in [2.05, 4.69) is 5.32 Å². The van der Waals surface area contributed by atoms with Gasteiger partial charge in [0.1, 0.15) is 5.75 Å². The SMILES string of the molecule is COc1cccc(NC(=S)N([C@@H]2CCS(=O)(=O)C2)N(C)C)c1. The lowest BCUT2D eigenvalue weighted by atomic mass is 10.2. The Hall–Kier alpha value is -1.38. The minimum absolute atomic E-state index is 0.130. The maximum atomic E-state index is 11.7. The monoisotopic (exact) mass is 343 g/mol. The number of ether oxygens (including phenoxy) is 1. The molecule has 1 heterocycles. The lowest BCUT2D eigenvalue weighted by Gasteiger charge is -2.36. The summed E-state index contributed by atoms with van der Waals surface area (Å²) in [5.41, 5.74) is 0.803. The molecule has 122 valence electrons. The summed E-state index contributed by atoms with van der Waals surface area (Å²) in [5.74, 6) is 1.07. The molecular weight excluding hydrogens is 322 g/mol. The number of sulfone groups is 1. The number of hydrazine groups is 1. The van der Waals surface area contributed by atoms with Crippen LogP contribution in [-0.2, 0) is 9.84 Å². The Morgan fingerprint density at radius 3 is 2.68 bits per heavy atom. The van der Waals surface area contributed by atoms with Crippen molar-refractivity contribution < 1.29 is 13.2 Å². The highest BCUT2D eigenvalue weighted by molar-refractivity contribution is 7.91. The zero-order chi connectivity index (χ0) is 16.3. The van der Waals surface area contributed by atoms with Crippen LogP contribution in [0.4, 0.5) is 5.69 Å². The molecule has 22 heavy (non-hydrogen) atoms. The molecule has 1 atom stereocenters. The molecular formula is C14H21N3O3S2. The molecule has 1 fully saturated rings. The van der Waals surface area contributed by atoms with E-state index >= 15 is 0 Å². The first-order valence-corrected chi connectivity index (χ1v) is 9.17. The van der Waals surface area contributed by atoms with Crippen LogP contribution in [0, 0.1) is 0 Å². The Morgan fingerprint density at radius 2 is 2.14 bits per heavy atom. The van der Waals surface area contributed by atoms with Gasteiger partial charge in [0.25, 0.3) is 0 Å². The largest absolute Gasteiger partial charge is 0.497 e. The fourth-order valence-electron chi connectivity index (χ4n) is 2.52. The minimum Gasteiger partial charge on any atom is -0.497 e. The van der Waals surface area contributed by atoms with Crippen LogP contribution in [0.3, 0.4) is 0 Å². The van der Waals surface area contributed by atoms with E-state index in [1.54, 1.807) is 7.11 Å². The van der Waals surface area contributed by atoms with Gasteiger partial charge in [-0.25, -0.2) is 13.4 Å². The topological polar surface area (TPSA) is 61.9 Å². The van der Waals surface area contributed by atoms with Crippen molar-refractivity contribution in [1.82, 2.24) is 10.0 Å². The summed E-state index contributed by atoms with van der Waals surface area (Å²) >= 11 is 5.46. The van der Waals surface area contributed by atoms with E-state index < -0.39 is 9.84 Å². The molecule has 0 spiro atoms. The van der Waals surface area contributed by atoms with Gasteiger partial charge in [-0.05, 0) is 30.8 Å². The molecule has 0 saturated carbocycles. The third-order valence-corrected chi connectivity index (χ3v) is 5.55. The molecule has 6 nitrogen and oxygen atoms in total. The van der Waals surface area contributed by atoms with E-state index in [4.69, 9.17) is 17.0 Å². The van der Waals surface area contributed by atoms with Crippen LogP contribution in [0.1, 0.15) is 6.42 Å². The van der Waals surface area contributed by atoms with Crippen LogP contribution in [0.25, 0.3) is 0 Å². The van der Waals surface area contributed by atoms with Crippen molar-refractivity contribution in [2.75, 3.05) is 38.0 Å². The normalized spacial score (nSPS) is 19.9. The number of methoxy groups -OCH3 is 1. The molecule has 0 aromatic heterocycles. The minimum atomic E-state index is -2.97. The molecule has 0 bridgehead atoms. The van der Waals surface area contributed by atoms with E-state index in [0.717, 1.165) is 11.4 Å². The highest BCUT2D eigenvalue weighted by Crippen LogP contribution is 2.21. The van der Waals surface area contributed by atoms with Crippen molar-refractivity contribution in [3.8, 4) is 5.75 Å². The zero-order valence-corrected chi connectivity index (χ0v) is 14.6. The van der Waals surface area contributed by atoms with E-state index in [-0.39, 0.29) is 17.5 Å². The third-order valence-electron chi connectivity index (χ3n) is 3.51. The smallest absolute Gasteiger partial charge is 0.188 e. The van der Waals surface area contributed by atoms with Crippen molar-refractivity contribution in [2.24, 2.45) is 0 Å². The fourth-order valence-corrected chi connectivity index (χ4v) is 4.65. The molecule has 1 aromatic rings.